The van der Waals surface area contributed by atoms with E-state index in [0.29, 0.717) is 17.7 Å². The lowest BCUT2D eigenvalue weighted by Gasteiger charge is -2.36. The first-order valence-corrected chi connectivity index (χ1v) is 9.00. The number of amides is 2. The molecule has 0 aliphatic carbocycles. The molecule has 0 bridgehead atoms. The van der Waals surface area contributed by atoms with Crippen LogP contribution < -0.4 is 4.90 Å². The van der Waals surface area contributed by atoms with E-state index in [1.165, 1.54) is 0 Å². The molecule has 2 aromatic rings. The molecule has 140 valence electrons. The quantitative estimate of drug-likeness (QED) is 0.758. The number of aliphatic hydroxyl groups excluding tert-OH is 1. The third-order valence-electron chi connectivity index (χ3n) is 4.99. The Kier molecular flexibility index (Phi) is 4.83. The van der Waals surface area contributed by atoms with Crippen molar-refractivity contribution in [2.75, 3.05) is 44.2 Å². The second kappa shape index (κ2) is 7.42. The fourth-order valence-corrected chi connectivity index (χ4v) is 3.59. The summed E-state index contributed by atoms with van der Waals surface area (Å²) in [5.41, 5.74) is 0.819. The number of rotatable bonds is 5. The summed E-state index contributed by atoms with van der Waals surface area (Å²) in [6.45, 7) is 3.56. The van der Waals surface area contributed by atoms with Crippen molar-refractivity contribution < 1.29 is 14.7 Å². The van der Waals surface area contributed by atoms with Gasteiger partial charge in [0, 0.05) is 45.1 Å². The molecule has 27 heavy (non-hydrogen) atoms. The standard InChI is InChI=1S/C19H21N5O3/c25-14(13-24-18(26)15-3-1-2-4-16(15)19(24)27)12-22-7-9-23(10-8-22)17-11-20-5-6-21-17/h1-6,11,14,25H,7-10,12-13H2. The van der Waals surface area contributed by atoms with Crippen LogP contribution in [0.2, 0.25) is 0 Å². The minimum atomic E-state index is -0.782. The second-order valence-electron chi connectivity index (χ2n) is 6.77. The highest BCUT2D eigenvalue weighted by atomic mass is 16.3. The monoisotopic (exact) mass is 367 g/mol. The molecule has 0 saturated carbocycles. The summed E-state index contributed by atoms with van der Waals surface area (Å²) in [5, 5.41) is 10.4. The van der Waals surface area contributed by atoms with Gasteiger partial charge >= 0.3 is 0 Å². The largest absolute Gasteiger partial charge is 0.390 e. The molecule has 0 spiro atoms. The number of aromatic nitrogens is 2. The van der Waals surface area contributed by atoms with Crippen LogP contribution in [-0.4, -0.2) is 82.1 Å². The molecule has 1 unspecified atom stereocenters. The Morgan fingerprint density at radius 1 is 0.963 bits per heavy atom. The van der Waals surface area contributed by atoms with Gasteiger partial charge in [-0.25, -0.2) is 4.98 Å². The Morgan fingerprint density at radius 2 is 1.63 bits per heavy atom. The van der Waals surface area contributed by atoms with Gasteiger partial charge in [0.15, 0.2) is 0 Å². The Labute approximate surface area is 157 Å². The summed E-state index contributed by atoms with van der Waals surface area (Å²) >= 11 is 0. The third kappa shape index (κ3) is 3.54. The predicted molar refractivity (Wildman–Crippen MR) is 98.5 cm³/mol. The molecule has 1 saturated heterocycles. The van der Waals surface area contributed by atoms with Crippen molar-refractivity contribution in [1.82, 2.24) is 19.8 Å². The van der Waals surface area contributed by atoms with Gasteiger partial charge < -0.3 is 10.0 Å². The number of hydrogen-bond acceptors (Lipinski definition) is 7. The molecular weight excluding hydrogens is 346 g/mol. The van der Waals surface area contributed by atoms with Crippen molar-refractivity contribution in [2.24, 2.45) is 0 Å². The number of carbonyl (C=O) groups excluding carboxylic acids is 2. The van der Waals surface area contributed by atoms with Crippen LogP contribution in [0, 0.1) is 0 Å². The molecule has 2 aliphatic heterocycles. The fraction of sp³-hybridized carbons (Fsp3) is 0.368. The van der Waals surface area contributed by atoms with Crippen LogP contribution in [0.4, 0.5) is 5.82 Å². The zero-order valence-corrected chi connectivity index (χ0v) is 14.9. The lowest BCUT2D eigenvalue weighted by Crippen LogP contribution is -2.50. The highest BCUT2D eigenvalue weighted by Gasteiger charge is 2.36. The van der Waals surface area contributed by atoms with Gasteiger partial charge in [-0.05, 0) is 12.1 Å². The number of hydrogen-bond donors (Lipinski definition) is 1. The van der Waals surface area contributed by atoms with Gasteiger partial charge in [-0.15, -0.1) is 0 Å². The van der Waals surface area contributed by atoms with Crippen LogP contribution >= 0.6 is 0 Å². The van der Waals surface area contributed by atoms with Gasteiger partial charge in [0.05, 0.1) is 30.0 Å². The summed E-state index contributed by atoms with van der Waals surface area (Å²) in [6.07, 6.45) is 4.28. The molecule has 1 N–H and O–H groups in total. The number of aliphatic hydroxyl groups is 1. The zero-order valence-electron chi connectivity index (χ0n) is 14.9. The Balaban J connectivity index is 1.30. The summed E-state index contributed by atoms with van der Waals surface area (Å²) in [6, 6.07) is 6.77. The minimum absolute atomic E-state index is 0.0106. The average Bonchev–Trinajstić information content (AvgIpc) is 2.94. The zero-order chi connectivity index (χ0) is 18.8. The fourth-order valence-electron chi connectivity index (χ4n) is 3.59. The van der Waals surface area contributed by atoms with E-state index in [0.717, 1.165) is 36.9 Å². The highest BCUT2D eigenvalue weighted by molar-refractivity contribution is 6.21. The van der Waals surface area contributed by atoms with E-state index in [1.54, 1.807) is 42.9 Å². The molecule has 2 aliphatic rings. The number of β-amino-alcohol motifs (C(OH)–C–C–N with tert-alkyl or cyclic N) is 1. The van der Waals surface area contributed by atoms with E-state index in [4.69, 9.17) is 0 Å². The van der Waals surface area contributed by atoms with Crippen molar-refractivity contribution in [3.8, 4) is 0 Å². The maximum Gasteiger partial charge on any atom is 0.261 e. The van der Waals surface area contributed by atoms with Crippen molar-refractivity contribution in [2.45, 2.75) is 6.10 Å². The summed E-state index contributed by atoms with van der Waals surface area (Å²) in [7, 11) is 0. The first-order chi connectivity index (χ1) is 13.1. The molecule has 2 amide bonds. The number of carbonyl (C=O) groups is 2. The van der Waals surface area contributed by atoms with Gasteiger partial charge in [-0.2, -0.15) is 0 Å². The lowest BCUT2D eigenvalue weighted by atomic mass is 10.1. The van der Waals surface area contributed by atoms with Crippen LogP contribution in [0.1, 0.15) is 20.7 Å². The molecular formula is C19H21N5O3. The third-order valence-corrected chi connectivity index (χ3v) is 4.99. The van der Waals surface area contributed by atoms with Crippen LogP contribution in [-0.2, 0) is 0 Å². The second-order valence-corrected chi connectivity index (χ2v) is 6.77. The van der Waals surface area contributed by atoms with Crippen molar-refractivity contribution in [3.63, 3.8) is 0 Å². The Bertz CT molecular complexity index is 801. The van der Waals surface area contributed by atoms with Crippen LogP contribution in [0.25, 0.3) is 0 Å². The number of anilines is 1. The smallest absolute Gasteiger partial charge is 0.261 e. The Morgan fingerprint density at radius 3 is 2.22 bits per heavy atom. The van der Waals surface area contributed by atoms with E-state index < -0.39 is 6.10 Å². The lowest BCUT2D eigenvalue weighted by molar-refractivity contribution is 0.0469. The Hall–Kier alpha value is -2.84. The summed E-state index contributed by atoms with van der Waals surface area (Å²) in [4.78, 5) is 38.6. The normalized spacial score (nSPS) is 18.7. The first kappa shape index (κ1) is 17.6. The number of benzene rings is 1. The minimum Gasteiger partial charge on any atom is -0.390 e. The number of piperazine rings is 1. The van der Waals surface area contributed by atoms with Gasteiger partial charge in [0.1, 0.15) is 5.82 Å². The summed E-state index contributed by atoms with van der Waals surface area (Å²) < 4.78 is 0. The summed E-state index contributed by atoms with van der Waals surface area (Å²) in [5.74, 6) is 0.188. The molecule has 1 aromatic carbocycles. The van der Waals surface area contributed by atoms with E-state index in [-0.39, 0.29) is 18.4 Å². The number of nitrogens with zero attached hydrogens (tertiary/aromatic N) is 5. The molecule has 0 radical (unpaired) electrons. The van der Waals surface area contributed by atoms with E-state index in [2.05, 4.69) is 19.8 Å². The van der Waals surface area contributed by atoms with E-state index in [9.17, 15) is 14.7 Å². The molecule has 8 nitrogen and oxygen atoms in total. The molecule has 1 atom stereocenters. The van der Waals surface area contributed by atoms with E-state index >= 15 is 0 Å². The number of fused-ring (bicyclic) bond motifs is 1. The van der Waals surface area contributed by atoms with Crippen LogP contribution in [0.5, 0.6) is 0 Å². The molecule has 8 heteroatoms. The highest BCUT2D eigenvalue weighted by Crippen LogP contribution is 2.22. The van der Waals surface area contributed by atoms with Gasteiger partial charge in [-0.3, -0.25) is 24.4 Å². The van der Waals surface area contributed by atoms with E-state index in [1.807, 2.05) is 0 Å². The topological polar surface area (TPSA) is 89.9 Å². The van der Waals surface area contributed by atoms with Crippen molar-refractivity contribution in [3.05, 3.63) is 54.0 Å². The SMILES string of the molecule is O=C1c2ccccc2C(=O)N1CC(O)CN1CCN(c2cnccn2)CC1. The number of imide groups is 1. The maximum atomic E-state index is 12.4. The molecule has 3 heterocycles. The van der Waals surface area contributed by atoms with Crippen molar-refractivity contribution in [1.29, 1.82) is 0 Å². The first-order valence-electron chi connectivity index (χ1n) is 9.00. The predicted octanol–water partition coefficient (Wildman–Crippen LogP) is 0.256. The van der Waals surface area contributed by atoms with Crippen LogP contribution in [0.15, 0.2) is 42.9 Å². The molecule has 1 fully saturated rings. The van der Waals surface area contributed by atoms with Gasteiger partial charge in [-0.1, -0.05) is 12.1 Å². The maximum absolute atomic E-state index is 12.4. The van der Waals surface area contributed by atoms with Gasteiger partial charge in [0.25, 0.3) is 11.8 Å². The van der Waals surface area contributed by atoms with Crippen molar-refractivity contribution >= 4 is 17.6 Å². The molecule has 4 rings (SSSR count). The van der Waals surface area contributed by atoms with Gasteiger partial charge in [0.2, 0.25) is 0 Å². The average molecular weight is 367 g/mol. The van der Waals surface area contributed by atoms with Crippen LogP contribution in [0.3, 0.4) is 0 Å². The molecule has 1 aromatic heterocycles.